The third-order valence-electron chi connectivity index (χ3n) is 6.70. The summed E-state index contributed by atoms with van der Waals surface area (Å²) in [5.41, 5.74) is 1.12. The van der Waals surface area contributed by atoms with Crippen LogP contribution < -0.4 is 9.64 Å². The highest BCUT2D eigenvalue weighted by molar-refractivity contribution is 5.79. The number of carbonyl (C=O) groups is 2. The molecule has 0 N–H and O–H groups in total. The number of hydrogen-bond acceptors (Lipinski definition) is 6. The summed E-state index contributed by atoms with van der Waals surface area (Å²) in [6.45, 7) is 9.30. The third kappa shape index (κ3) is 5.49. The summed E-state index contributed by atoms with van der Waals surface area (Å²) in [5.74, 6) is 1.34. The number of rotatable bonds is 6. The molecule has 31 heavy (non-hydrogen) atoms. The van der Waals surface area contributed by atoms with E-state index in [0.29, 0.717) is 26.2 Å². The summed E-state index contributed by atoms with van der Waals surface area (Å²) in [4.78, 5) is 35.9. The molecule has 3 aliphatic heterocycles. The van der Waals surface area contributed by atoms with Crippen LogP contribution in [0.2, 0.25) is 0 Å². The van der Waals surface area contributed by atoms with Crippen LogP contribution in [0.1, 0.15) is 12.8 Å². The molecule has 170 valence electrons. The van der Waals surface area contributed by atoms with Crippen molar-refractivity contribution in [2.45, 2.75) is 12.8 Å². The van der Waals surface area contributed by atoms with Crippen molar-refractivity contribution >= 4 is 17.5 Å². The van der Waals surface area contributed by atoms with Gasteiger partial charge in [0.2, 0.25) is 11.8 Å². The number of likely N-dealkylation sites (tertiary alicyclic amines) is 1. The van der Waals surface area contributed by atoms with Crippen LogP contribution in [0.15, 0.2) is 24.3 Å². The maximum atomic E-state index is 12.8. The molecule has 0 atom stereocenters. The van der Waals surface area contributed by atoms with E-state index in [9.17, 15) is 9.59 Å². The van der Waals surface area contributed by atoms with E-state index < -0.39 is 0 Å². The molecule has 4 rings (SSSR count). The minimum atomic E-state index is 0.205. The van der Waals surface area contributed by atoms with Crippen LogP contribution in [0, 0.1) is 0 Å². The fraction of sp³-hybridized carbons (Fsp3) is 0.652. The molecule has 2 amide bonds. The van der Waals surface area contributed by atoms with Gasteiger partial charge in [-0.1, -0.05) is 12.1 Å². The monoisotopic (exact) mass is 429 g/mol. The first-order valence-corrected chi connectivity index (χ1v) is 11.5. The highest BCUT2D eigenvalue weighted by Crippen LogP contribution is 2.28. The maximum absolute atomic E-state index is 12.8. The third-order valence-corrected chi connectivity index (χ3v) is 6.70. The summed E-state index contributed by atoms with van der Waals surface area (Å²) in [6, 6.07) is 8.10. The van der Waals surface area contributed by atoms with Crippen LogP contribution in [0.5, 0.6) is 5.75 Å². The fourth-order valence-electron chi connectivity index (χ4n) is 4.74. The molecule has 3 saturated heterocycles. The zero-order valence-corrected chi connectivity index (χ0v) is 18.7. The van der Waals surface area contributed by atoms with E-state index in [1.54, 1.807) is 7.11 Å². The highest BCUT2D eigenvalue weighted by Gasteiger charge is 2.27. The van der Waals surface area contributed by atoms with E-state index in [1.165, 1.54) is 0 Å². The zero-order valence-electron chi connectivity index (χ0n) is 18.7. The predicted octanol–water partition coefficient (Wildman–Crippen LogP) is 0.584. The second-order valence-electron chi connectivity index (χ2n) is 8.68. The van der Waals surface area contributed by atoms with Crippen molar-refractivity contribution in [3.63, 3.8) is 0 Å². The Hall–Kier alpha value is -2.32. The van der Waals surface area contributed by atoms with E-state index in [-0.39, 0.29) is 11.8 Å². The van der Waals surface area contributed by atoms with Gasteiger partial charge in [0.05, 0.1) is 25.9 Å². The largest absolute Gasteiger partial charge is 0.495 e. The Bertz CT molecular complexity index is 751. The molecule has 0 aliphatic carbocycles. The van der Waals surface area contributed by atoms with E-state index >= 15 is 0 Å². The van der Waals surface area contributed by atoms with Crippen molar-refractivity contribution < 1.29 is 14.3 Å². The van der Waals surface area contributed by atoms with Crippen LogP contribution in [-0.4, -0.2) is 117 Å². The molecule has 0 radical (unpaired) electrons. The molecule has 8 nitrogen and oxygen atoms in total. The van der Waals surface area contributed by atoms with E-state index in [0.717, 1.165) is 76.6 Å². The predicted molar refractivity (Wildman–Crippen MR) is 120 cm³/mol. The molecular formula is C23H35N5O3. The van der Waals surface area contributed by atoms with E-state index in [2.05, 4.69) is 20.8 Å². The molecule has 0 spiro atoms. The van der Waals surface area contributed by atoms with Gasteiger partial charge in [0.15, 0.2) is 0 Å². The first kappa shape index (κ1) is 21.9. The maximum Gasteiger partial charge on any atom is 0.236 e. The van der Waals surface area contributed by atoms with Gasteiger partial charge in [0.25, 0.3) is 0 Å². The number of nitrogens with zero attached hydrogens (tertiary/aromatic N) is 5. The van der Waals surface area contributed by atoms with Crippen LogP contribution in [0.25, 0.3) is 0 Å². The van der Waals surface area contributed by atoms with E-state index in [4.69, 9.17) is 4.74 Å². The Morgan fingerprint density at radius 2 is 1.26 bits per heavy atom. The molecule has 0 unspecified atom stereocenters. The molecule has 3 heterocycles. The average Bonchev–Trinajstić information content (AvgIpc) is 3.35. The Morgan fingerprint density at radius 1 is 0.742 bits per heavy atom. The number of anilines is 1. The van der Waals surface area contributed by atoms with Gasteiger partial charge in [0, 0.05) is 65.4 Å². The summed E-state index contributed by atoms with van der Waals surface area (Å²) >= 11 is 0. The SMILES string of the molecule is COc1ccccc1N1CCN(CC(=O)N2CCN(CC(=O)N3CCCC3)CC2)CC1. The molecule has 1 aromatic rings. The zero-order chi connectivity index (χ0) is 21.6. The number of piperazine rings is 2. The quantitative estimate of drug-likeness (QED) is 0.660. The Morgan fingerprint density at radius 3 is 1.84 bits per heavy atom. The van der Waals surface area contributed by atoms with Crippen molar-refractivity contribution in [2.24, 2.45) is 0 Å². The van der Waals surface area contributed by atoms with Crippen LogP contribution in [-0.2, 0) is 9.59 Å². The first-order chi connectivity index (χ1) is 15.1. The number of hydrogen-bond donors (Lipinski definition) is 0. The Balaban J connectivity index is 1.18. The molecule has 3 aliphatic rings. The number of para-hydroxylation sites is 2. The number of ether oxygens (including phenoxy) is 1. The van der Waals surface area contributed by atoms with Crippen molar-refractivity contribution in [1.82, 2.24) is 19.6 Å². The Kier molecular flexibility index (Phi) is 7.29. The fourth-order valence-corrected chi connectivity index (χ4v) is 4.74. The van der Waals surface area contributed by atoms with Crippen molar-refractivity contribution in [3.05, 3.63) is 24.3 Å². The van der Waals surface area contributed by atoms with Gasteiger partial charge < -0.3 is 19.4 Å². The Labute approximate surface area is 185 Å². The van der Waals surface area contributed by atoms with Crippen LogP contribution in [0.4, 0.5) is 5.69 Å². The van der Waals surface area contributed by atoms with Crippen molar-refractivity contribution in [1.29, 1.82) is 0 Å². The summed E-state index contributed by atoms with van der Waals surface area (Å²) in [5, 5.41) is 0. The molecule has 0 saturated carbocycles. The smallest absolute Gasteiger partial charge is 0.236 e. The number of methoxy groups -OCH3 is 1. The topological polar surface area (TPSA) is 59.6 Å². The van der Waals surface area contributed by atoms with Gasteiger partial charge >= 0.3 is 0 Å². The summed E-state index contributed by atoms with van der Waals surface area (Å²) < 4.78 is 5.49. The molecule has 1 aromatic carbocycles. The summed E-state index contributed by atoms with van der Waals surface area (Å²) in [6.07, 6.45) is 2.25. The second-order valence-corrected chi connectivity index (χ2v) is 8.68. The van der Waals surface area contributed by atoms with Crippen LogP contribution in [0.3, 0.4) is 0 Å². The molecule has 0 bridgehead atoms. The highest BCUT2D eigenvalue weighted by atomic mass is 16.5. The average molecular weight is 430 g/mol. The molecule has 3 fully saturated rings. The van der Waals surface area contributed by atoms with Gasteiger partial charge in [-0.15, -0.1) is 0 Å². The van der Waals surface area contributed by atoms with Gasteiger partial charge in [0.1, 0.15) is 5.75 Å². The van der Waals surface area contributed by atoms with Gasteiger partial charge in [-0.3, -0.25) is 19.4 Å². The lowest BCUT2D eigenvalue weighted by molar-refractivity contribution is -0.135. The summed E-state index contributed by atoms with van der Waals surface area (Å²) in [7, 11) is 1.70. The van der Waals surface area contributed by atoms with Crippen molar-refractivity contribution in [2.75, 3.05) is 90.5 Å². The van der Waals surface area contributed by atoms with Crippen LogP contribution >= 0.6 is 0 Å². The number of amides is 2. The van der Waals surface area contributed by atoms with Gasteiger partial charge in [-0.05, 0) is 25.0 Å². The van der Waals surface area contributed by atoms with Gasteiger partial charge in [-0.25, -0.2) is 0 Å². The lowest BCUT2D eigenvalue weighted by Gasteiger charge is -2.38. The first-order valence-electron chi connectivity index (χ1n) is 11.5. The van der Waals surface area contributed by atoms with E-state index in [1.807, 2.05) is 28.0 Å². The minimum absolute atomic E-state index is 0.205. The molecule has 0 aromatic heterocycles. The number of benzene rings is 1. The molecule has 8 heteroatoms. The van der Waals surface area contributed by atoms with Crippen molar-refractivity contribution in [3.8, 4) is 5.75 Å². The second kappa shape index (κ2) is 10.3. The lowest BCUT2D eigenvalue weighted by Crippen LogP contribution is -2.54. The lowest BCUT2D eigenvalue weighted by atomic mass is 10.2. The minimum Gasteiger partial charge on any atom is -0.495 e. The standard InChI is InChI=1S/C23H35N5O3/c1-31-21-7-3-2-6-20(21)26-14-10-24(11-15-26)19-23(30)28-16-12-25(13-17-28)18-22(29)27-8-4-5-9-27/h2-3,6-7H,4-5,8-19H2,1H3. The number of carbonyl (C=O) groups excluding carboxylic acids is 2. The molecular weight excluding hydrogens is 394 g/mol. The normalized spacial score (nSPS) is 20.9. The van der Waals surface area contributed by atoms with Gasteiger partial charge in [-0.2, -0.15) is 0 Å².